The highest BCUT2D eigenvalue weighted by molar-refractivity contribution is 5.88. The molecule has 0 aliphatic rings. The van der Waals surface area contributed by atoms with Gasteiger partial charge in [-0.05, 0) is 5.92 Å². The molecule has 0 saturated heterocycles. The first-order valence-electron chi connectivity index (χ1n) is 3.79. The van der Waals surface area contributed by atoms with Crippen LogP contribution in [0.5, 0.6) is 0 Å². The Morgan fingerprint density at radius 1 is 1.67 bits per heavy atom. The number of nitrogens with zero attached hydrogens (tertiary/aromatic N) is 2. The monoisotopic (exact) mass is 168 g/mol. The molecule has 0 amide bonds. The van der Waals surface area contributed by atoms with Gasteiger partial charge in [0.1, 0.15) is 5.56 Å². The number of carboxylic acids is 1. The highest BCUT2D eigenvalue weighted by Gasteiger charge is 2.16. The van der Waals surface area contributed by atoms with Gasteiger partial charge in [-0.1, -0.05) is 13.8 Å². The number of aromatic nitrogens is 2. The lowest BCUT2D eigenvalue weighted by molar-refractivity contribution is 0.0695. The van der Waals surface area contributed by atoms with E-state index in [0.717, 1.165) is 5.69 Å². The number of aromatic carboxylic acids is 1. The van der Waals surface area contributed by atoms with Gasteiger partial charge in [0.25, 0.3) is 0 Å². The van der Waals surface area contributed by atoms with Crippen molar-refractivity contribution in [1.82, 2.24) is 9.78 Å². The van der Waals surface area contributed by atoms with E-state index in [1.807, 2.05) is 13.8 Å². The maximum Gasteiger partial charge on any atom is 0.339 e. The van der Waals surface area contributed by atoms with Gasteiger partial charge in [-0.3, -0.25) is 4.68 Å². The third kappa shape index (κ3) is 1.32. The van der Waals surface area contributed by atoms with Crippen LogP contribution in [0.1, 0.15) is 35.8 Å². The molecule has 0 unspecified atom stereocenters. The van der Waals surface area contributed by atoms with Gasteiger partial charge in [-0.25, -0.2) is 4.79 Å². The van der Waals surface area contributed by atoms with Crippen molar-refractivity contribution < 1.29 is 9.90 Å². The largest absolute Gasteiger partial charge is 0.478 e. The Bertz CT molecular complexity index is 302. The Morgan fingerprint density at radius 2 is 2.25 bits per heavy atom. The SMILES string of the molecule is CC(C)c1c(C(=O)O)cnn1C. The summed E-state index contributed by atoms with van der Waals surface area (Å²) in [5.41, 5.74) is 1.06. The van der Waals surface area contributed by atoms with E-state index in [-0.39, 0.29) is 5.92 Å². The standard InChI is InChI=1S/C8H12N2O2/c1-5(2)7-6(8(11)12)4-9-10(7)3/h4-5H,1-3H3,(H,11,12). The van der Waals surface area contributed by atoms with Crippen molar-refractivity contribution in [1.29, 1.82) is 0 Å². The zero-order chi connectivity index (χ0) is 9.30. The second-order valence-corrected chi connectivity index (χ2v) is 3.03. The van der Waals surface area contributed by atoms with Crippen LogP contribution in [0.4, 0.5) is 0 Å². The molecule has 1 aromatic rings. The topological polar surface area (TPSA) is 55.1 Å². The predicted molar refractivity (Wildman–Crippen MR) is 44.3 cm³/mol. The molecule has 0 radical (unpaired) electrons. The fourth-order valence-electron chi connectivity index (χ4n) is 1.30. The summed E-state index contributed by atoms with van der Waals surface area (Å²) in [6.45, 7) is 3.90. The predicted octanol–water partition coefficient (Wildman–Crippen LogP) is 1.24. The second kappa shape index (κ2) is 2.97. The minimum absolute atomic E-state index is 0.184. The average Bonchev–Trinajstić information content (AvgIpc) is 2.30. The fourth-order valence-corrected chi connectivity index (χ4v) is 1.30. The van der Waals surface area contributed by atoms with Gasteiger partial charge >= 0.3 is 5.97 Å². The maximum absolute atomic E-state index is 10.7. The van der Waals surface area contributed by atoms with Crippen LogP contribution in [0.25, 0.3) is 0 Å². The van der Waals surface area contributed by atoms with Crippen LogP contribution in [-0.2, 0) is 7.05 Å². The molecular weight excluding hydrogens is 156 g/mol. The zero-order valence-electron chi connectivity index (χ0n) is 7.40. The minimum Gasteiger partial charge on any atom is -0.478 e. The van der Waals surface area contributed by atoms with E-state index in [1.54, 1.807) is 11.7 Å². The van der Waals surface area contributed by atoms with Crippen molar-refractivity contribution in [3.63, 3.8) is 0 Å². The van der Waals surface area contributed by atoms with Gasteiger partial charge in [-0.2, -0.15) is 5.10 Å². The van der Waals surface area contributed by atoms with Gasteiger partial charge in [0.05, 0.1) is 11.9 Å². The van der Waals surface area contributed by atoms with Crippen LogP contribution in [-0.4, -0.2) is 20.9 Å². The second-order valence-electron chi connectivity index (χ2n) is 3.03. The summed E-state index contributed by atoms with van der Waals surface area (Å²) in [5.74, 6) is -0.726. The summed E-state index contributed by atoms with van der Waals surface area (Å²) in [6.07, 6.45) is 1.39. The summed E-state index contributed by atoms with van der Waals surface area (Å²) in [4.78, 5) is 10.7. The van der Waals surface area contributed by atoms with Crippen LogP contribution in [0, 0.1) is 0 Å². The molecule has 0 spiro atoms. The lowest BCUT2D eigenvalue weighted by Crippen LogP contribution is -2.06. The van der Waals surface area contributed by atoms with Crippen molar-refractivity contribution in [2.75, 3.05) is 0 Å². The molecule has 1 heterocycles. The highest BCUT2D eigenvalue weighted by Crippen LogP contribution is 2.17. The summed E-state index contributed by atoms with van der Waals surface area (Å²) < 4.78 is 1.61. The number of hydrogen-bond acceptors (Lipinski definition) is 2. The van der Waals surface area contributed by atoms with Gasteiger partial charge in [0, 0.05) is 7.05 Å². The van der Waals surface area contributed by atoms with E-state index >= 15 is 0 Å². The summed E-state index contributed by atoms with van der Waals surface area (Å²) in [5, 5.41) is 12.7. The smallest absolute Gasteiger partial charge is 0.339 e. The van der Waals surface area contributed by atoms with E-state index in [4.69, 9.17) is 5.11 Å². The van der Waals surface area contributed by atoms with Crippen molar-refractivity contribution in [2.24, 2.45) is 7.05 Å². The molecule has 1 aromatic heterocycles. The number of rotatable bonds is 2. The molecule has 0 bridgehead atoms. The zero-order valence-corrected chi connectivity index (χ0v) is 7.40. The number of aryl methyl sites for hydroxylation is 1. The molecule has 0 aliphatic heterocycles. The third-order valence-corrected chi connectivity index (χ3v) is 1.76. The Hall–Kier alpha value is -1.32. The first-order valence-corrected chi connectivity index (χ1v) is 3.79. The van der Waals surface area contributed by atoms with Crippen LogP contribution in [0.2, 0.25) is 0 Å². The number of hydrogen-bond donors (Lipinski definition) is 1. The van der Waals surface area contributed by atoms with Crippen molar-refractivity contribution in [3.8, 4) is 0 Å². The average molecular weight is 168 g/mol. The van der Waals surface area contributed by atoms with E-state index in [2.05, 4.69) is 5.10 Å². The minimum atomic E-state index is -0.910. The van der Waals surface area contributed by atoms with Gasteiger partial charge in [0.2, 0.25) is 0 Å². The van der Waals surface area contributed by atoms with E-state index in [9.17, 15) is 4.79 Å². The summed E-state index contributed by atoms with van der Waals surface area (Å²) >= 11 is 0. The van der Waals surface area contributed by atoms with Crippen LogP contribution in [0.3, 0.4) is 0 Å². The Kier molecular flexibility index (Phi) is 2.17. The molecular formula is C8H12N2O2. The van der Waals surface area contributed by atoms with E-state index in [0.29, 0.717) is 5.56 Å². The molecule has 0 aromatic carbocycles. The Labute approximate surface area is 70.8 Å². The van der Waals surface area contributed by atoms with Gasteiger partial charge in [-0.15, -0.1) is 0 Å². The van der Waals surface area contributed by atoms with Crippen molar-refractivity contribution >= 4 is 5.97 Å². The van der Waals surface area contributed by atoms with Crippen molar-refractivity contribution in [2.45, 2.75) is 19.8 Å². The maximum atomic E-state index is 10.7. The van der Waals surface area contributed by atoms with Crippen LogP contribution >= 0.6 is 0 Å². The third-order valence-electron chi connectivity index (χ3n) is 1.76. The number of carbonyl (C=O) groups is 1. The summed E-state index contributed by atoms with van der Waals surface area (Å²) in [7, 11) is 1.75. The fraction of sp³-hybridized carbons (Fsp3) is 0.500. The van der Waals surface area contributed by atoms with E-state index in [1.165, 1.54) is 6.20 Å². The molecule has 0 fully saturated rings. The molecule has 0 atom stereocenters. The highest BCUT2D eigenvalue weighted by atomic mass is 16.4. The summed E-state index contributed by atoms with van der Waals surface area (Å²) in [6, 6.07) is 0. The molecule has 12 heavy (non-hydrogen) atoms. The molecule has 1 N–H and O–H groups in total. The van der Waals surface area contributed by atoms with Crippen LogP contribution in [0.15, 0.2) is 6.20 Å². The molecule has 1 rings (SSSR count). The first-order chi connectivity index (χ1) is 5.54. The lowest BCUT2D eigenvalue weighted by atomic mass is 10.1. The first kappa shape index (κ1) is 8.77. The molecule has 0 saturated carbocycles. The molecule has 4 nitrogen and oxygen atoms in total. The van der Waals surface area contributed by atoms with Gasteiger partial charge in [0.15, 0.2) is 0 Å². The van der Waals surface area contributed by atoms with Gasteiger partial charge < -0.3 is 5.11 Å². The molecule has 66 valence electrons. The van der Waals surface area contributed by atoms with E-state index < -0.39 is 5.97 Å². The lowest BCUT2D eigenvalue weighted by Gasteiger charge is -2.06. The normalized spacial score (nSPS) is 10.7. The quantitative estimate of drug-likeness (QED) is 0.722. The van der Waals surface area contributed by atoms with Crippen LogP contribution < -0.4 is 0 Å². The molecule has 4 heteroatoms. The van der Waals surface area contributed by atoms with Crippen molar-refractivity contribution in [3.05, 3.63) is 17.5 Å². The molecule has 0 aliphatic carbocycles. The number of carboxylic acid groups (broad SMARTS) is 1. The Morgan fingerprint density at radius 3 is 2.58 bits per heavy atom. The Balaban J connectivity index is 3.21.